The fraction of sp³-hybridized carbons (Fsp3) is 0.214. The monoisotopic (exact) mass is 504 g/mol. The maximum atomic E-state index is 13.0. The molecule has 0 unspecified atom stereocenters. The second kappa shape index (κ2) is 12.1. The second-order valence-electron chi connectivity index (χ2n) is 7.53. The molecular formula is C28H28N2O5S. The number of ether oxygens (including phenoxy) is 4. The largest absolute Gasteiger partial charge is 0.490 e. The van der Waals surface area contributed by atoms with Crippen LogP contribution in [0.3, 0.4) is 0 Å². The lowest BCUT2D eigenvalue weighted by Gasteiger charge is -2.16. The lowest BCUT2D eigenvalue weighted by Crippen LogP contribution is -2.13. The number of carbonyl (C=O) groups is 1. The van der Waals surface area contributed by atoms with Crippen molar-refractivity contribution in [1.29, 1.82) is 0 Å². The molecule has 4 aromatic rings. The third-order valence-corrected chi connectivity index (χ3v) is 5.78. The second-order valence-corrected chi connectivity index (χ2v) is 8.39. The molecule has 0 spiro atoms. The van der Waals surface area contributed by atoms with Crippen LogP contribution in [0.15, 0.2) is 72.1 Å². The number of benzene rings is 3. The minimum atomic E-state index is -0.313. The van der Waals surface area contributed by atoms with E-state index in [1.165, 1.54) is 11.3 Å². The van der Waals surface area contributed by atoms with E-state index < -0.39 is 0 Å². The average Bonchev–Trinajstić information content (AvgIpc) is 3.35. The van der Waals surface area contributed by atoms with Crippen LogP contribution in [-0.2, 0) is 0 Å². The Balaban J connectivity index is 1.48. The van der Waals surface area contributed by atoms with Crippen molar-refractivity contribution in [1.82, 2.24) is 4.98 Å². The lowest BCUT2D eigenvalue weighted by atomic mass is 10.1. The van der Waals surface area contributed by atoms with Crippen molar-refractivity contribution >= 4 is 22.4 Å². The van der Waals surface area contributed by atoms with E-state index >= 15 is 0 Å². The first kappa shape index (κ1) is 25.1. The number of amides is 1. The summed E-state index contributed by atoms with van der Waals surface area (Å²) in [6, 6.07) is 20.6. The zero-order valence-corrected chi connectivity index (χ0v) is 21.3. The molecular weight excluding hydrogens is 476 g/mol. The molecule has 4 rings (SSSR count). The van der Waals surface area contributed by atoms with Gasteiger partial charge in [0, 0.05) is 16.5 Å². The van der Waals surface area contributed by atoms with Crippen LogP contribution < -0.4 is 24.3 Å². The van der Waals surface area contributed by atoms with Crippen molar-refractivity contribution in [3.05, 3.63) is 77.7 Å². The van der Waals surface area contributed by atoms with Gasteiger partial charge >= 0.3 is 0 Å². The van der Waals surface area contributed by atoms with Gasteiger partial charge in [-0.2, -0.15) is 0 Å². The first-order valence-electron chi connectivity index (χ1n) is 11.8. The molecule has 0 saturated heterocycles. The zero-order valence-electron chi connectivity index (χ0n) is 20.4. The van der Waals surface area contributed by atoms with E-state index in [-0.39, 0.29) is 5.91 Å². The van der Waals surface area contributed by atoms with Gasteiger partial charge in [-0.3, -0.25) is 10.1 Å². The molecule has 0 aliphatic carbocycles. The predicted molar refractivity (Wildman–Crippen MR) is 142 cm³/mol. The molecule has 0 aliphatic rings. The van der Waals surface area contributed by atoms with E-state index in [9.17, 15) is 4.79 Å². The molecule has 0 aliphatic heterocycles. The Hall–Kier alpha value is -4.04. The van der Waals surface area contributed by atoms with Crippen molar-refractivity contribution in [2.75, 3.05) is 25.1 Å². The van der Waals surface area contributed by atoms with Crippen LogP contribution in [0.1, 0.15) is 31.1 Å². The lowest BCUT2D eigenvalue weighted by molar-refractivity contribution is 0.102. The number of nitrogens with one attached hydrogen (secondary N) is 1. The maximum absolute atomic E-state index is 13.0. The molecule has 186 valence electrons. The van der Waals surface area contributed by atoms with Crippen LogP contribution in [-0.4, -0.2) is 30.7 Å². The van der Waals surface area contributed by atoms with Crippen molar-refractivity contribution in [3.8, 4) is 40.0 Å². The Kier molecular flexibility index (Phi) is 8.41. The molecule has 1 N–H and O–H groups in total. The Morgan fingerprint density at radius 2 is 1.44 bits per heavy atom. The average molecular weight is 505 g/mol. The number of anilines is 1. The molecule has 36 heavy (non-hydrogen) atoms. The highest BCUT2D eigenvalue weighted by molar-refractivity contribution is 7.14. The van der Waals surface area contributed by atoms with Crippen LogP contribution in [0, 0.1) is 0 Å². The summed E-state index contributed by atoms with van der Waals surface area (Å²) in [6.07, 6.45) is 0. The number of carbonyl (C=O) groups excluding carboxylic acids is 1. The third-order valence-electron chi connectivity index (χ3n) is 5.02. The summed E-state index contributed by atoms with van der Waals surface area (Å²) >= 11 is 1.35. The van der Waals surface area contributed by atoms with Gasteiger partial charge in [0.2, 0.25) is 5.75 Å². The van der Waals surface area contributed by atoms with Crippen LogP contribution >= 0.6 is 11.3 Å². The van der Waals surface area contributed by atoms with E-state index in [4.69, 9.17) is 18.9 Å². The number of para-hydroxylation sites is 1. The Bertz CT molecular complexity index is 1260. The van der Waals surface area contributed by atoms with Gasteiger partial charge in [0.05, 0.1) is 25.5 Å². The molecule has 1 amide bonds. The normalized spacial score (nSPS) is 10.5. The number of hydrogen-bond donors (Lipinski definition) is 1. The highest BCUT2D eigenvalue weighted by Crippen LogP contribution is 2.39. The molecule has 0 saturated carbocycles. The van der Waals surface area contributed by atoms with Gasteiger partial charge in [-0.25, -0.2) is 4.98 Å². The quantitative estimate of drug-likeness (QED) is 0.236. The minimum Gasteiger partial charge on any atom is -0.490 e. The maximum Gasteiger partial charge on any atom is 0.257 e. The van der Waals surface area contributed by atoms with Crippen molar-refractivity contribution in [3.63, 3.8) is 0 Å². The fourth-order valence-electron chi connectivity index (χ4n) is 3.47. The first-order valence-corrected chi connectivity index (χ1v) is 12.7. The summed E-state index contributed by atoms with van der Waals surface area (Å²) in [5.41, 5.74) is 2.08. The smallest absolute Gasteiger partial charge is 0.257 e. The van der Waals surface area contributed by atoms with Crippen LogP contribution in [0.2, 0.25) is 0 Å². The molecule has 1 heterocycles. The molecule has 0 atom stereocenters. The summed E-state index contributed by atoms with van der Waals surface area (Å²) in [5.74, 6) is 2.63. The van der Waals surface area contributed by atoms with Gasteiger partial charge in [0.15, 0.2) is 16.6 Å². The van der Waals surface area contributed by atoms with E-state index in [1.54, 1.807) is 12.1 Å². The highest BCUT2D eigenvalue weighted by Gasteiger charge is 2.19. The zero-order chi connectivity index (χ0) is 25.3. The fourth-order valence-corrected chi connectivity index (χ4v) is 4.19. The van der Waals surface area contributed by atoms with E-state index in [0.29, 0.717) is 47.8 Å². The summed E-state index contributed by atoms with van der Waals surface area (Å²) in [7, 11) is 0. The molecule has 0 bridgehead atoms. The molecule has 3 aromatic carbocycles. The summed E-state index contributed by atoms with van der Waals surface area (Å²) in [4.78, 5) is 17.6. The van der Waals surface area contributed by atoms with Gasteiger partial charge in [-0.1, -0.05) is 18.2 Å². The van der Waals surface area contributed by atoms with E-state index in [1.807, 2.05) is 80.7 Å². The number of rotatable bonds is 11. The summed E-state index contributed by atoms with van der Waals surface area (Å²) < 4.78 is 23.0. The van der Waals surface area contributed by atoms with E-state index in [0.717, 1.165) is 22.8 Å². The van der Waals surface area contributed by atoms with Crippen molar-refractivity contribution < 1.29 is 23.7 Å². The number of hydrogen-bond acceptors (Lipinski definition) is 7. The van der Waals surface area contributed by atoms with Gasteiger partial charge in [-0.05, 0) is 69.3 Å². The Morgan fingerprint density at radius 3 is 2.06 bits per heavy atom. The Labute approximate surface area is 214 Å². The van der Waals surface area contributed by atoms with E-state index in [2.05, 4.69) is 10.3 Å². The highest BCUT2D eigenvalue weighted by atomic mass is 32.1. The van der Waals surface area contributed by atoms with Crippen LogP contribution in [0.25, 0.3) is 11.3 Å². The molecule has 8 heteroatoms. The summed E-state index contributed by atoms with van der Waals surface area (Å²) in [5, 5.41) is 5.27. The van der Waals surface area contributed by atoms with Gasteiger partial charge in [0.25, 0.3) is 5.91 Å². The minimum absolute atomic E-state index is 0.313. The number of aromatic nitrogens is 1. The third kappa shape index (κ3) is 6.14. The summed E-state index contributed by atoms with van der Waals surface area (Å²) in [6.45, 7) is 6.95. The Morgan fingerprint density at radius 1 is 0.833 bits per heavy atom. The van der Waals surface area contributed by atoms with Gasteiger partial charge in [-0.15, -0.1) is 11.3 Å². The predicted octanol–water partition coefficient (Wildman–Crippen LogP) is 7.05. The standard InChI is InChI=1S/C28H28N2O5S/c1-4-32-24-16-20(17-25(33-5-2)26(24)34-6-3)27(31)30-28-29-23(18-36-28)19-12-14-22(15-13-19)35-21-10-8-7-9-11-21/h7-18H,4-6H2,1-3H3,(H,29,30,31). The topological polar surface area (TPSA) is 78.9 Å². The SMILES string of the molecule is CCOc1cc(C(=O)Nc2nc(-c3ccc(Oc4ccccc4)cc3)cs2)cc(OCC)c1OCC. The van der Waals surface area contributed by atoms with Gasteiger partial charge < -0.3 is 18.9 Å². The van der Waals surface area contributed by atoms with Crippen molar-refractivity contribution in [2.24, 2.45) is 0 Å². The number of nitrogens with zero attached hydrogens (tertiary/aromatic N) is 1. The number of thiazole rings is 1. The molecule has 0 radical (unpaired) electrons. The van der Waals surface area contributed by atoms with Crippen molar-refractivity contribution in [2.45, 2.75) is 20.8 Å². The molecule has 1 aromatic heterocycles. The molecule has 0 fully saturated rings. The van der Waals surface area contributed by atoms with Crippen LogP contribution in [0.5, 0.6) is 28.7 Å². The van der Waals surface area contributed by atoms with Crippen LogP contribution in [0.4, 0.5) is 5.13 Å². The van der Waals surface area contributed by atoms with Gasteiger partial charge in [0.1, 0.15) is 11.5 Å². The molecule has 7 nitrogen and oxygen atoms in total. The first-order chi connectivity index (χ1) is 17.6.